The molecule has 0 aromatic carbocycles. The smallest absolute Gasteiger partial charge is 0.277 e. The molecule has 2 heterocycles. The summed E-state index contributed by atoms with van der Waals surface area (Å²) >= 11 is 1.51. The Morgan fingerprint density at radius 2 is 2.26 bits per heavy atom. The Labute approximate surface area is 116 Å². The SMILES string of the molecule is CCC1CCC(N)(c2noc(-c3cscn3)n2)CC1. The van der Waals surface area contributed by atoms with Gasteiger partial charge in [0, 0.05) is 5.38 Å². The lowest BCUT2D eigenvalue weighted by atomic mass is 9.76. The standard InChI is InChI=1S/C13H18N4OS/c1-2-9-3-5-13(14,6-4-9)12-16-11(18-17-12)10-7-19-8-15-10/h7-9H,2-6,14H2,1H3. The van der Waals surface area contributed by atoms with E-state index in [2.05, 4.69) is 22.0 Å². The fraction of sp³-hybridized carbons (Fsp3) is 0.615. The van der Waals surface area contributed by atoms with Crippen molar-refractivity contribution in [1.29, 1.82) is 0 Å². The molecule has 0 saturated heterocycles. The first-order valence-corrected chi connectivity index (χ1v) is 7.67. The summed E-state index contributed by atoms with van der Waals surface area (Å²) in [7, 11) is 0. The Hall–Kier alpha value is -1.27. The number of nitrogens with zero attached hydrogens (tertiary/aromatic N) is 3. The van der Waals surface area contributed by atoms with Gasteiger partial charge in [-0.1, -0.05) is 18.5 Å². The first-order valence-electron chi connectivity index (χ1n) is 6.73. The van der Waals surface area contributed by atoms with Crippen molar-refractivity contribution in [3.05, 3.63) is 16.7 Å². The zero-order chi connectivity index (χ0) is 13.3. The van der Waals surface area contributed by atoms with Crippen LogP contribution in [0.25, 0.3) is 11.6 Å². The Morgan fingerprint density at radius 3 is 2.89 bits per heavy atom. The molecule has 1 saturated carbocycles. The van der Waals surface area contributed by atoms with Gasteiger partial charge in [-0.3, -0.25) is 0 Å². The molecule has 1 aliphatic rings. The van der Waals surface area contributed by atoms with Crippen molar-refractivity contribution in [2.45, 2.75) is 44.6 Å². The second kappa shape index (κ2) is 5.02. The summed E-state index contributed by atoms with van der Waals surface area (Å²) in [5, 5.41) is 5.97. The largest absolute Gasteiger partial charge is 0.332 e. The normalized spacial score (nSPS) is 27.6. The van der Waals surface area contributed by atoms with Crippen LogP contribution in [-0.2, 0) is 5.54 Å². The van der Waals surface area contributed by atoms with Gasteiger partial charge in [-0.2, -0.15) is 4.98 Å². The van der Waals surface area contributed by atoms with Crippen molar-refractivity contribution in [3.63, 3.8) is 0 Å². The molecule has 3 rings (SSSR count). The van der Waals surface area contributed by atoms with Crippen LogP contribution in [-0.4, -0.2) is 15.1 Å². The fourth-order valence-electron chi connectivity index (χ4n) is 2.67. The highest BCUT2D eigenvalue weighted by Crippen LogP contribution is 2.37. The van der Waals surface area contributed by atoms with E-state index in [1.807, 2.05) is 5.38 Å². The number of hydrogen-bond acceptors (Lipinski definition) is 6. The van der Waals surface area contributed by atoms with Gasteiger partial charge in [0.15, 0.2) is 5.82 Å². The zero-order valence-electron chi connectivity index (χ0n) is 11.0. The molecule has 0 radical (unpaired) electrons. The van der Waals surface area contributed by atoms with Gasteiger partial charge in [-0.05, 0) is 31.6 Å². The summed E-state index contributed by atoms with van der Waals surface area (Å²) in [6.07, 6.45) is 5.39. The Bertz CT molecular complexity index is 529. The van der Waals surface area contributed by atoms with E-state index in [-0.39, 0.29) is 0 Å². The maximum Gasteiger partial charge on any atom is 0.277 e. The molecule has 5 nitrogen and oxygen atoms in total. The van der Waals surface area contributed by atoms with Crippen LogP contribution in [0, 0.1) is 5.92 Å². The third-order valence-electron chi connectivity index (χ3n) is 4.10. The molecule has 0 amide bonds. The minimum absolute atomic E-state index is 0.427. The summed E-state index contributed by atoms with van der Waals surface area (Å²) in [6, 6.07) is 0. The van der Waals surface area contributed by atoms with Crippen LogP contribution in [0.1, 0.15) is 44.9 Å². The van der Waals surface area contributed by atoms with Gasteiger partial charge >= 0.3 is 0 Å². The minimum atomic E-state index is -0.427. The van der Waals surface area contributed by atoms with E-state index in [1.165, 1.54) is 17.8 Å². The highest BCUT2D eigenvalue weighted by atomic mass is 32.1. The van der Waals surface area contributed by atoms with Gasteiger partial charge in [0.1, 0.15) is 5.69 Å². The van der Waals surface area contributed by atoms with Gasteiger partial charge in [0.05, 0.1) is 11.0 Å². The lowest BCUT2D eigenvalue weighted by molar-refractivity contribution is 0.216. The van der Waals surface area contributed by atoms with Crippen LogP contribution in [0.15, 0.2) is 15.4 Å². The van der Waals surface area contributed by atoms with Crippen molar-refractivity contribution in [1.82, 2.24) is 15.1 Å². The minimum Gasteiger partial charge on any atom is -0.332 e. The molecule has 2 aromatic rings. The quantitative estimate of drug-likeness (QED) is 0.934. The Kier molecular flexibility index (Phi) is 3.36. The molecule has 6 heteroatoms. The van der Waals surface area contributed by atoms with Crippen LogP contribution in [0.4, 0.5) is 0 Å². The molecule has 19 heavy (non-hydrogen) atoms. The van der Waals surface area contributed by atoms with Crippen LogP contribution in [0.2, 0.25) is 0 Å². The van der Waals surface area contributed by atoms with Gasteiger partial charge in [0.2, 0.25) is 0 Å². The van der Waals surface area contributed by atoms with Crippen molar-refractivity contribution in [2.24, 2.45) is 11.7 Å². The summed E-state index contributed by atoms with van der Waals surface area (Å²) < 4.78 is 5.28. The molecule has 2 N–H and O–H groups in total. The summed E-state index contributed by atoms with van der Waals surface area (Å²) in [5.74, 6) is 1.89. The first kappa shape index (κ1) is 12.7. The number of thiazole rings is 1. The maximum absolute atomic E-state index is 6.46. The number of aromatic nitrogens is 3. The molecule has 0 unspecified atom stereocenters. The van der Waals surface area contributed by atoms with E-state index in [1.54, 1.807) is 5.51 Å². The molecule has 0 spiro atoms. The van der Waals surface area contributed by atoms with Crippen molar-refractivity contribution >= 4 is 11.3 Å². The van der Waals surface area contributed by atoms with Gasteiger partial charge < -0.3 is 10.3 Å². The van der Waals surface area contributed by atoms with Gasteiger partial charge in [0.25, 0.3) is 5.89 Å². The first-order chi connectivity index (χ1) is 9.21. The van der Waals surface area contributed by atoms with E-state index in [0.29, 0.717) is 11.7 Å². The van der Waals surface area contributed by atoms with Crippen LogP contribution in [0.5, 0.6) is 0 Å². The predicted molar refractivity (Wildman–Crippen MR) is 73.5 cm³/mol. The zero-order valence-corrected chi connectivity index (χ0v) is 11.8. The van der Waals surface area contributed by atoms with Crippen LogP contribution < -0.4 is 5.73 Å². The predicted octanol–water partition coefficient (Wildman–Crippen LogP) is 2.95. The molecule has 0 aliphatic heterocycles. The summed E-state index contributed by atoms with van der Waals surface area (Å²) in [4.78, 5) is 8.61. The van der Waals surface area contributed by atoms with Gasteiger partial charge in [-0.25, -0.2) is 4.98 Å². The Morgan fingerprint density at radius 1 is 1.47 bits per heavy atom. The number of nitrogens with two attached hydrogens (primary N) is 1. The van der Waals surface area contributed by atoms with Crippen molar-refractivity contribution in [3.8, 4) is 11.6 Å². The maximum atomic E-state index is 6.46. The average molecular weight is 278 g/mol. The molecule has 102 valence electrons. The highest BCUT2D eigenvalue weighted by Gasteiger charge is 2.37. The summed E-state index contributed by atoms with van der Waals surface area (Å²) in [6.45, 7) is 2.24. The molecule has 0 bridgehead atoms. The number of hydrogen-bond donors (Lipinski definition) is 1. The third kappa shape index (κ3) is 2.42. The van der Waals surface area contributed by atoms with E-state index >= 15 is 0 Å². The molecule has 1 aliphatic carbocycles. The van der Waals surface area contributed by atoms with E-state index in [9.17, 15) is 0 Å². The van der Waals surface area contributed by atoms with E-state index in [0.717, 1.165) is 37.3 Å². The second-order valence-corrected chi connectivity index (χ2v) is 6.02. The molecule has 0 atom stereocenters. The lowest BCUT2D eigenvalue weighted by Crippen LogP contribution is -2.41. The van der Waals surface area contributed by atoms with E-state index in [4.69, 9.17) is 10.3 Å². The third-order valence-corrected chi connectivity index (χ3v) is 4.68. The highest BCUT2D eigenvalue weighted by molar-refractivity contribution is 7.07. The summed E-state index contributed by atoms with van der Waals surface area (Å²) in [5.41, 5.74) is 8.52. The molecule has 2 aromatic heterocycles. The van der Waals surface area contributed by atoms with Crippen molar-refractivity contribution < 1.29 is 4.52 Å². The van der Waals surface area contributed by atoms with E-state index < -0.39 is 5.54 Å². The second-order valence-electron chi connectivity index (χ2n) is 5.30. The Balaban J connectivity index is 1.79. The topological polar surface area (TPSA) is 77.8 Å². The van der Waals surface area contributed by atoms with Crippen LogP contribution in [0.3, 0.4) is 0 Å². The number of rotatable bonds is 3. The monoisotopic (exact) mass is 278 g/mol. The molecular weight excluding hydrogens is 260 g/mol. The molecule has 1 fully saturated rings. The lowest BCUT2D eigenvalue weighted by Gasteiger charge is -2.34. The average Bonchev–Trinajstić information content (AvgIpc) is 3.10. The van der Waals surface area contributed by atoms with Crippen LogP contribution >= 0.6 is 11.3 Å². The fourth-order valence-corrected chi connectivity index (χ4v) is 3.20. The molecular formula is C13H18N4OS. The van der Waals surface area contributed by atoms with Gasteiger partial charge in [-0.15, -0.1) is 11.3 Å². The van der Waals surface area contributed by atoms with Crippen molar-refractivity contribution in [2.75, 3.05) is 0 Å².